The number of ketones is 1. The van der Waals surface area contributed by atoms with Crippen LogP contribution in [-0.4, -0.2) is 25.7 Å². The average Bonchev–Trinajstić information content (AvgIpc) is 2.94. The van der Waals surface area contributed by atoms with Crippen LogP contribution >= 0.6 is 38.5 Å². The molecule has 0 spiro atoms. The number of carbonyl (C=O) groups excluding carboxylic acids is 1. The van der Waals surface area contributed by atoms with Crippen LogP contribution in [0.2, 0.25) is 0 Å². The number of allylic oxidation sites excluding steroid dienone is 3. The molecule has 3 aromatic rings. The van der Waals surface area contributed by atoms with Crippen molar-refractivity contribution in [2.24, 2.45) is 0 Å². The van der Waals surface area contributed by atoms with E-state index in [0.29, 0.717) is 27.0 Å². The fraction of sp³-hybridized carbons (Fsp3) is 0. The molecule has 134 valence electrons. The van der Waals surface area contributed by atoms with Gasteiger partial charge in [-0.05, 0) is 86.6 Å². The lowest BCUT2D eigenvalue weighted by Gasteiger charge is -2.14. The van der Waals surface area contributed by atoms with Gasteiger partial charge in [-0.2, -0.15) is 0 Å². The van der Waals surface area contributed by atoms with E-state index in [0.717, 1.165) is 3.57 Å². The Hall–Kier alpha value is -2.46. The number of carbonyl (C=O) groups is 1. The second-order valence-electron chi connectivity index (χ2n) is 5.81. The van der Waals surface area contributed by atoms with Gasteiger partial charge in [-0.15, -0.1) is 0 Å². The van der Waals surface area contributed by atoms with E-state index in [1.807, 2.05) is 12.1 Å². The lowest BCUT2D eigenvalue weighted by molar-refractivity contribution is 0.103. The van der Waals surface area contributed by atoms with E-state index >= 15 is 0 Å². The molecule has 0 aliphatic heterocycles. The summed E-state index contributed by atoms with van der Waals surface area (Å²) < 4.78 is 2.70. The van der Waals surface area contributed by atoms with Crippen molar-refractivity contribution in [3.8, 4) is 11.6 Å². The van der Waals surface area contributed by atoms with Gasteiger partial charge >= 0.3 is 0 Å². The number of aromatic nitrogens is 3. The molecule has 4 rings (SSSR count). The Balaban J connectivity index is 1.87. The molecule has 0 saturated heterocycles. The number of hydrogen-bond acceptors (Lipinski definition) is 4. The van der Waals surface area contributed by atoms with Gasteiger partial charge in [0.05, 0.1) is 10.2 Å². The van der Waals surface area contributed by atoms with Crippen molar-refractivity contribution in [3.63, 3.8) is 0 Å². The van der Waals surface area contributed by atoms with Crippen LogP contribution in [0.1, 0.15) is 21.6 Å². The van der Waals surface area contributed by atoms with Gasteiger partial charge in [0, 0.05) is 15.3 Å². The number of Topliss-reactive ketones (excluding diaryl/α,β-unsaturated/α-hetero) is 1. The minimum atomic E-state index is -0.439. The van der Waals surface area contributed by atoms with Crippen LogP contribution in [0.25, 0.3) is 17.3 Å². The van der Waals surface area contributed by atoms with Crippen LogP contribution in [0.5, 0.6) is 5.88 Å². The smallest absolute Gasteiger partial charge is 0.275 e. The topological polar surface area (TPSA) is 88.0 Å². The molecule has 0 atom stereocenters. The minimum Gasteiger partial charge on any atom is -0.493 e. The van der Waals surface area contributed by atoms with Crippen LogP contribution in [0.4, 0.5) is 0 Å². The Kier molecular flexibility index (Phi) is 4.60. The van der Waals surface area contributed by atoms with Gasteiger partial charge in [-0.1, -0.05) is 6.07 Å². The summed E-state index contributed by atoms with van der Waals surface area (Å²) in [5, 5.41) is 13.2. The third kappa shape index (κ3) is 3.19. The number of rotatable bonds is 2. The number of benzene rings is 1. The van der Waals surface area contributed by atoms with Gasteiger partial charge in [0.1, 0.15) is 11.3 Å². The molecule has 1 aliphatic carbocycles. The molecule has 2 heterocycles. The predicted molar refractivity (Wildman–Crippen MR) is 114 cm³/mol. The number of H-pyrrole nitrogens is 1. The van der Waals surface area contributed by atoms with Crippen LogP contribution in [0.15, 0.2) is 57.9 Å². The second kappa shape index (κ2) is 6.93. The highest BCUT2D eigenvalue weighted by molar-refractivity contribution is 14.1. The number of halogens is 2. The van der Waals surface area contributed by atoms with E-state index in [1.165, 1.54) is 10.9 Å². The first-order chi connectivity index (χ1) is 13.0. The summed E-state index contributed by atoms with van der Waals surface area (Å²) in [6.45, 7) is 0. The van der Waals surface area contributed by atoms with Crippen LogP contribution in [0.3, 0.4) is 0 Å². The van der Waals surface area contributed by atoms with E-state index in [1.54, 1.807) is 36.4 Å². The summed E-state index contributed by atoms with van der Waals surface area (Å²) in [5.74, 6) is -0.432. The lowest BCUT2D eigenvalue weighted by Crippen LogP contribution is -2.11. The Morgan fingerprint density at radius 2 is 1.93 bits per heavy atom. The van der Waals surface area contributed by atoms with Crippen molar-refractivity contribution in [2.75, 3.05) is 0 Å². The zero-order chi connectivity index (χ0) is 19.1. The fourth-order valence-electron chi connectivity index (χ4n) is 2.83. The predicted octanol–water partition coefficient (Wildman–Crippen LogP) is 3.89. The molecule has 0 amide bonds. The summed E-state index contributed by atoms with van der Waals surface area (Å²) >= 11 is 5.42. The van der Waals surface area contributed by atoms with Crippen molar-refractivity contribution in [3.05, 3.63) is 83.9 Å². The van der Waals surface area contributed by atoms with Gasteiger partial charge in [0.2, 0.25) is 11.7 Å². The molecule has 1 aliphatic rings. The van der Waals surface area contributed by atoms with E-state index in [-0.39, 0.29) is 17.2 Å². The maximum absolute atomic E-state index is 12.4. The van der Waals surface area contributed by atoms with Gasteiger partial charge in [0.25, 0.3) is 5.56 Å². The minimum absolute atomic E-state index is 0.101. The monoisotopic (exact) mass is 535 g/mol. The fourth-order valence-corrected chi connectivity index (χ4v) is 3.62. The summed E-state index contributed by atoms with van der Waals surface area (Å²) in [7, 11) is 0. The molecule has 6 nitrogen and oxygen atoms in total. The number of nitrogens with one attached hydrogen (secondary N) is 1. The molecule has 0 fully saturated rings. The number of nitrogens with zero attached hydrogens (tertiary/aromatic N) is 2. The standard InChI is InChI=1S/C19H11BrIN3O3/c20-15-9-10(13-2-1-7-22-16(13)17(15)25)8-14-18(26)23-24(19(14)27)12-5-3-11(21)4-6-12/h1-9,27H,(H,23,26). The maximum Gasteiger partial charge on any atom is 0.275 e. The van der Waals surface area contributed by atoms with Crippen LogP contribution in [0, 0.1) is 3.57 Å². The highest BCUT2D eigenvalue weighted by Crippen LogP contribution is 2.33. The number of fused-ring (bicyclic) bond motifs is 1. The molecule has 27 heavy (non-hydrogen) atoms. The Morgan fingerprint density at radius 1 is 1.19 bits per heavy atom. The van der Waals surface area contributed by atoms with Crippen molar-refractivity contribution in [2.45, 2.75) is 0 Å². The van der Waals surface area contributed by atoms with Crippen molar-refractivity contribution in [1.82, 2.24) is 14.8 Å². The molecule has 0 unspecified atom stereocenters. The van der Waals surface area contributed by atoms with Gasteiger partial charge in [-0.25, -0.2) is 4.68 Å². The molecule has 0 saturated carbocycles. The van der Waals surface area contributed by atoms with E-state index in [9.17, 15) is 14.7 Å². The number of aromatic amines is 1. The zero-order valence-electron chi connectivity index (χ0n) is 13.6. The Labute approximate surface area is 175 Å². The summed E-state index contributed by atoms with van der Waals surface area (Å²) in [5.41, 5.74) is 1.80. The number of hydrogen-bond donors (Lipinski definition) is 2. The third-order valence-corrected chi connectivity index (χ3v) is 5.44. The number of pyridine rings is 1. The molecule has 1 aromatic carbocycles. The number of aromatic hydroxyl groups is 1. The highest BCUT2D eigenvalue weighted by Gasteiger charge is 2.24. The van der Waals surface area contributed by atoms with Crippen molar-refractivity contribution < 1.29 is 9.90 Å². The van der Waals surface area contributed by atoms with Crippen molar-refractivity contribution >= 4 is 56.0 Å². The summed E-state index contributed by atoms with van der Waals surface area (Å²) in [4.78, 5) is 28.8. The first-order valence-electron chi connectivity index (χ1n) is 7.84. The molecular formula is C19H11BrIN3O3. The Bertz CT molecular complexity index is 1190. The van der Waals surface area contributed by atoms with E-state index in [2.05, 4.69) is 48.6 Å². The maximum atomic E-state index is 12.4. The molecular weight excluding hydrogens is 525 g/mol. The quantitative estimate of drug-likeness (QED) is 0.487. The normalized spacial score (nSPS) is 15.0. The summed E-state index contributed by atoms with van der Waals surface area (Å²) in [6, 6.07) is 10.8. The molecule has 2 aromatic heterocycles. The lowest BCUT2D eigenvalue weighted by atomic mass is 9.94. The second-order valence-corrected chi connectivity index (χ2v) is 7.91. The van der Waals surface area contributed by atoms with Crippen molar-refractivity contribution in [1.29, 1.82) is 0 Å². The molecule has 8 heteroatoms. The van der Waals surface area contributed by atoms with Crippen LogP contribution in [-0.2, 0) is 0 Å². The first-order valence-corrected chi connectivity index (χ1v) is 9.72. The molecule has 0 radical (unpaired) electrons. The highest BCUT2D eigenvalue weighted by atomic mass is 127. The zero-order valence-corrected chi connectivity index (χ0v) is 17.4. The largest absolute Gasteiger partial charge is 0.493 e. The van der Waals surface area contributed by atoms with E-state index in [4.69, 9.17) is 0 Å². The first kappa shape index (κ1) is 17.9. The third-order valence-electron chi connectivity index (χ3n) is 4.13. The van der Waals surface area contributed by atoms with Crippen LogP contribution < -0.4 is 5.56 Å². The SMILES string of the molecule is O=C1C(Br)=CC(=Cc2c(O)n(-c3ccc(I)cc3)[nH]c2=O)c2cccnc21. The van der Waals surface area contributed by atoms with Gasteiger partial charge < -0.3 is 5.11 Å². The average molecular weight is 536 g/mol. The Morgan fingerprint density at radius 3 is 2.67 bits per heavy atom. The van der Waals surface area contributed by atoms with E-state index < -0.39 is 5.56 Å². The molecule has 0 bridgehead atoms. The molecule has 2 N–H and O–H groups in total. The summed E-state index contributed by atoms with van der Waals surface area (Å²) in [6.07, 6.45) is 4.70. The van der Waals surface area contributed by atoms with Gasteiger partial charge in [0.15, 0.2) is 0 Å². The van der Waals surface area contributed by atoms with Gasteiger partial charge in [-0.3, -0.25) is 19.7 Å².